The van der Waals surface area contributed by atoms with Gasteiger partial charge in [-0.1, -0.05) is 13.8 Å². The van der Waals surface area contributed by atoms with Crippen molar-refractivity contribution < 1.29 is 26.3 Å². The lowest BCUT2D eigenvalue weighted by atomic mass is 9.96. The third-order valence-electron chi connectivity index (χ3n) is 7.41. The molecule has 4 atom stereocenters. The Morgan fingerprint density at radius 3 is 1.33 bits per heavy atom. The van der Waals surface area contributed by atoms with Crippen molar-refractivity contribution in [3.05, 3.63) is 70.3 Å². The first-order chi connectivity index (χ1) is 17.0. The molecule has 2 aromatic carbocycles. The van der Waals surface area contributed by atoms with Crippen molar-refractivity contribution in [3.8, 4) is 0 Å². The molecule has 2 aromatic rings. The van der Waals surface area contributed by atoms with Crippen LogP contribution in [0.15, 0.2) is 24.3 Å². The average molecular weight is 515 g/mol. The molecular weight excluding hydrogens is 478 g/mol. The molecule has 2 aliphatic rings. The zero-order valence-electron chi connectivity index (χ0n) is 21.4. The zero-order valence-corrected chi connectivity index (χ0v) is 21.4. The smallest absolute Gasteiger partial charge is 0.163 e. The van der Waals surface area contributed by atoms with Crippen LogP contribution in [0.1, 0.15) is 76.6 Å². The van der Waals surface area contributed by atoms with Crippen LogP contribution in [-0.2, 0) is 0 Å². The third kappa shape index (κ3) is 7.03. The Bertz CT molecular complexity index is 948. The van der Waals surface area contributed by atoms with E-state index < -0.39 is 34.9 Å². The van der Waals surface area contributed by atoms with Gasteiger partial charge in [0.15, 0.2) is 23.3 Å². The van der Waals surface area contributed by atoms with Gasteiger partial charge in [0.2, 0.25) is 0 Å². The Balaban J connectivity index is 0.000000201. The van der Waals surface area contributed by atoms with E-state index in [-0.39, 0.29) is 23.2 Å². The van der Waals surface area contributed by atoms with Crippen LogP contribution in [0, 0.1) is 46.7 Å². The van der Waals surface area contributed by atoms with Gasteiger partial charge in [-0.3, -0.25) is 9.80 Å². The minimum Gasteiger partial charge on any atom is -0.296 e. The molecule has 8 heteroatoms. The summed E-state index contributed by atoms with van der Waals surface area (Å²) in [5.41, 5.74) is 0.225. The predicted octanol–water partition coefficient (Wildman–Crippen LogP) is 7.79. The second-order valence-corrected chi connectivity index (χ2v) is 10.4. The Morgan fingerprint density at radius 2 is 1.00 bits per heavy atom. The van der Waals surface area contributed by atoms with Crippen LogP contribution in [-0.4, -0.2) is 36.0 Å². The first-order valence-electron chi connectivity index (χ1n) is 12.7. The van der Waals surface area contributed by atoms with Gasteiger partial charge >= 0.3 is 0 Å². The molecule has 36 heavy (non-hydrogen) atoms. The largest absolute Gasteiger partial charge is 0.296 e. The van der Waals surface area contributed by atoms with Crippen molar-refractivity contribution in [1.29, 1.82) is 0 Å². The highest BCUT2D eigenvalue weighted by atomic mass is 19.2. The summed E-state index contributed by atoms with van der Waals surface area (Å²) < 4.78 is 80.2. The van der Waals surface area contributed by atoms with Crippen LogP contribution in [0.25, 0.3) is 0 Å². The molecule has 0 radical (unpaired) electrons. The van der Waals surface area contributed by atoms with E-state index in [1.54, 1.807) is 13.8 Å². The second-order valence-electron chi connectivity index (χ2n) is 10.4. The van der Waals surface area contributed by atoms with Gasteiger partial charge < -0.3 is 0 Å². The molecule has 0 unspecified atom stereocenters. The van der Waals surface area contributed by atoms with Crippen molar-refractivity contribution >= 4 is 0 Å². The van der Waals surface area contributed by atoms with E-state index in [1.165, 1.54) is 0 Å². The lowest BCUT2D eigenvalue weighted by Crippen LogP contribution is -2.36. The van der Waals surface area contributed by atoms with Gasteiger partial charge in [-0.05, 0) is 76.6 Å². The molecule has 0 spiro atoms. The molecule has 0 aliphatic carbocycles. The molecule has 0 aromatic heterocycles. The van der Waals surface area contributed by atoms with Gasteiger partial charge in [-0.15, -0.1) is 0 Å². The fraction of sp³-hybridized carbons (Fsp3) is 0.571. The summed E-state index contributed by atoms with van der Waals surface area (Å²) in [7, 11) is 0. The highest BCUT2D eigenvalue weighted by Gasteiger charge is 2.27. The molecular formula is C28H36F6N2. The van der Waals surface area contributed by atoms with E-state index in [9.17, 15) is 26.3 Å². The highest BCUT2D eigenvalue weighted by molar-refractivity contribution is 5.24. The van der Waals surface area contributed by atoms with Gasteiger partial charge in [-0.2, -0.15) is 0 Å². The van der Waals surface area contributed by atoms with Gasteiger partial charge in [0, 0.05) is 48.4 Å². The van der Waals surface area contributed by atoms with Crippen molar-refractivity contribution in [2.45, 2.75) is 65.5 Å². The van der Waals surface area contributed by atoms with E-state index >= 15 is 0 Å². The van der Waals surface area contributed by atoms with Crippen LogP contribution in [0.3, 0.4) is 0 Å². The van der Waals surface area contributed by atoms with Crippen molar-refractivity contribution in [3.63, 3.8) is 0 Å². The summed E-state index contributed by atoms with van der Waals surface area (Å²) >= 11 is 0. The van der Waals surface area contributed by atoms with Crippen LogP contribution >= 0.6 is 0 Å². The lowest BCUT2D eigenvalue weighted by Gasteiger charge is -2.35. The summed E-state index contributed by atoms with van der Waals surface area (Å²) in [5.74, 6) is -4.43. The monoisotopic (exact) mass is 514 g/mol. The summed E-state index contributed by atoms with van der Waals surface area (Å²) in [6.45, 7) is 11.3. The molecule has 0 amide bonds. The molecule has 0 saturated carbocycles. The third-order valence-corrected chi connectivity index (χ3v) is 7.41. The van der Waals surface area contributed by atoms with E-state index in [2.05, 4.69) is 23.6 Å². The quantitative estimate of drug-likeness (QED) is 0.304. The highest BCUT2D eigenvalue weighted by Crippen LogP contribution is 2.30. The van der Waals surface area contributed by atoms with Gasteiger partial charge in [0.1, 0.15) is 11.6 Å². The van der Waals surface area contributed by atoms with E-state index in [0.29, 0.717) is 24.0 Å². The molecule has 0 N–H and O–H groups in total. The Kier molecular flexibility index (Phi) is 9.86. The van der Waals surface area contributed by atoms with Gasteiger partial charge in [-0.25, -0.2) is 26.3 Å². The van der Waals surface area contributed by atoms with Gasteiger partial charge in [0.05, 0.1) is 0 Å². The Labute approximate surface area is 210 Å². The zero-order chi connectivity index (χ0) is 26.6. The second kappa shape index (κ2) is 12.5. The molecule has 2 saturated heterocycles. The molecule has 2 fully saturated rings. The minimum atomic E-state index is -1.11. The number of nitrogens with zero attached hydrogens (tertiary/aromatic N) is 2. The molecule has 0 bridgehead atoms. The summed E-state index contributed by atoms with van der Waals surface area (Å²) in [4.78, 5) is 4.18. The maximum atomic E-state index is 13.7. The van der Waals surface area contributed by atoms with Crippen molar-refractivity contribution in [2.75, 3.05) is 26.2 Å². The Morgan fingerprint density at radius 1 is 0.639 bits per heavy atom. The first kappa shape index (κ1) is 28.5. The summed E-state index contributed by atoms with van der Waals surface area (Å²) in [6.07, 6.45) is 4.41. The Hall–Kier alpha value is -2.06. The normalized spacial score (nSPS) is 23.1. The molecule has 2 aliphatic heterocycles. The van der Waals surface area contributed by atoms with E-state index in [4.69, 9.17) is 0 Å². The number of hydrogen-bond acceptors (Lipinski definition) is 2. The number of likely N-dealkylation sites (tertiary alicyclic amines) is 2. The topological polar surface area (TPSA) is 6.48 Å². The summed E-state index contributed by atoms with van der Waals surface area (Å²) in [5, 5.41) is 0. The van der Waals surface area contributed by atoms with Crippen LogP contribution in [0.2, 0.25) is 0 Å². The maximum absolute atomic E-state index is 13.7. The van der Waals surface area contributed by atoms with E-state index in [0.717, 1.165) is 64.0 Å². The lowest BCUT2D eigenvalue weighted by molar-refractivity contribution is 0.136. The SMILES string of the molecule is C[C@H]1CCCN([C@@H](C)c2cc(F)cc(F)c2F)C1.C[C@H]1CCCN([C@H](C)c2cc(F)cc(F)c2F)C1. The molecule has 2 heterocycles. The molecule has 200 valence electrons. The van der Waals surface area contributed by atoms with Crippen LogP contribution in [0.4, 0.5) is 26.3 Å². The number of piperidine rings is 2. The van der Waals surface area contributed by atoms with E-state index in [1.807, 2.05) is 0 Å². The van der Waals surface area contributed by atoms with Gasteiger partial charge in [0.25, 0.3) is 0 Å². The fourth-order valence-electron chi connectivity index (χ4n) is 5.31. The summed E-state index contributed by atoms with van der Waals surface area (Å²) in [6, 6.07) is 2.79. The fourth-order valence-corrected chi connectivity index (χ4v) is 5.31. The average Bonchev–Trinajstić information content (AvgIpc) is 2.83. The minimum absolute atomic E-state index is 0.113. The number of rotatable bonds is 4. The number of benzene rings is 2. The standard InChI is InChI=1S/2C14H18F3N/c2*1-9-4-3-5-18(8-9)10(2)12-6-11(15)7-13(16)14(12)17/h2*6-7,9-10H,3-5,8H2,1-2H3/t9-,10+;9-,10-/m00/s1. The molecule has 4 rings (SSSR count). The van der Waals surface area contributed by atoms with Crippen LogP contribution < -0.4 is 0 Å². The van der Waals surface area contributed by atoms with Crippen molar-refractivity contribution in [1.82, 2.24) is 9.80 Å². The maximum Gasteiger partial charge on any atom is 0.163 e. The van der Waals surface area contributed by atoms with Crippen LogP contribution in [0.5, 0.6) is 0 Å². The number of hydrogen-bond donors (Lipinski definition) is 0. The van der Waals surface area contributed by atoms with Crippen molar-refractivity contribution in [2.24, 2.45) is 11.8 Å². The molecule has 2 nitrogen and oxygen atoms in total. The predicted molar refractivity (Wildman–Crippen MR) is 129 cm³/mol. The first-order valence-corrected chi connectivity index (χ1v) is 12.7. The number of halogens is 6.